The van der Waals surface area contributed by atoms with Gasteiger partial charge < -0.3 is 4.74 Å². The zero-order valence-electron chi connectivity index (χ0n) is 15.7. The van der Waals surface area contributed by atoms with E-state index in [4.69, 9.17) is 4.74 Å². The quantitative estimate of drug-likeness (QED) is 0.289. The van der Waals surface area contributed by atoms with Crippen LogP contribution < -0.4 is 4.74 Å². The fraction of sp³-hybridized carbons (Fsp3) is 0.455. The Kier molecular flexibility index (Phi) is 6.57. The molecule has 0 radical (unpaired) electrons. The average molecular weight is 398 g/mol. The predicted octanol–water partition coefficient (Wildman–Crippen LogP) is 7.00. The summed E-state index contributed by atoms with van der Waals surface area (Å²) in [6, 6.07) is 5.06. The second-order valence-electron chi connectivity index (χ2n) is 7.33. The second kappa shape index (κ2) is 8.93. The van der Waals surface area contributed by atoms with Crippen LogP contribution in [0.2, 0.25) is 0 Å². The molecule has 28 heavy (non-hydrogen) atoms. The molecule has 1 aliphatic carbocycles. The summed E-state index contributed by atoms with van der Waals surface area (Å²) in [4.78, 5) is 0. The van der Waals surface area contributed by atoms with E-state index in [0.29, 0.717) is 43.4 Å². The Morgan fingerprint density at radius 3 is 2.04 bits per heavy atom. The topological polar surface area (TPSA) is 9.23 Å². The Morgan fingerprint density at radius 1 is 0.821 bits per heavy atom. The average Bonchev–Trinajstić information content (AvgIpc) is 2.69. The van der Waals surface area contributed by atoms with Crippen molar-refractivity contribution in [2.45, 2.75) is 57.3 Å². The Hall–Kier alpha value is -2.11. The highest BCUT2D eigenvalue weighted by atomic mass is 19.2. The highest BCUT2D eigenvalue weighted by molar-refractivity contribution is 5.34. The van der Waals surface area contributed by atoms with Crippen molar-refractivity contribution >= 4 is 0 Å². The third kappa shape index (κ3) is 4.31. The van der Waals surface area contributed by atoms with Gasteiger partial charge in [0, 0.05) is 0 Å². The van der Waals surface area contributed by atoms with Crippen molar-refractivity contribution in [2.75, 3.05) is 6.61 Å². The van der Waals surface area contributed by atoms with E-state index < -0.39 is 29.1 Å². The van der Waals surface area contributed by atoms with Gasteiger partial charge in [0.1, 0.15) is 0 Å². The van der Waals surface area contributed by atoms with Gasteiger partial charge >= 0.3 is 0 Å². The lowest BCUT2D eigenvalue weighted by atomic mass is 9.76. The molecule has 0 aliphatic heterocycles. The van der Waals surface area contributed by atoms with Gasteiger partial charge in [-0.05, 0) is 73.3 Å². The van der Waals surface area contributed by atoms with Crippen molar-refractivity contribution in [3.63, 3.8) is 0 Å². The highest BCUT2D eigenvalue weighted by Crippen LogP contribution is 2.42. The van der Waals surface area contributed by atoms with Gasteiger partial charge in [-0.1, -0.05) is 19.4 Å². The van der Waals surface area contributed by atoms with Crippen LogP contribution in [0, 0.1) is 29.1 Å². The van der Waals surface area contributed by atoms with Crippen molar-refractivity contribution in [1.82, 2.24) is 0 Å². The Bertz CT molecular complexity index is 805. The van der Waals surface area contributed by atoms with Gasteiger partial charge in [-0.25, -0.2) is 17.6 Å². The van der Waals surface area contributed by atoms with E-state index in [1.807, 2.05) is 6.92 Å². The number of halogens is 5. The van der Waals surface area contributed by atoms with E-state index in [-0.39, 0.29) is 17.6 Å². The molecule has 0 bridgehead atoms. The van der Waals surface area contributed by atoms with Crippen LogP contribution in [0.1, 0.15) is 68.4 Å². The van der Waals surface area contributed by atoms with Crippen LogP contribution in [0.15, 0.2) is 24.3 Å². The first-order chi connectivity index (χ1) is 13.4. The first-order valence-corrected chi connectivity index (χ1v) is 9.67. The van der Waals surface area contributed by atoms with E-state index >= 15 is 0 Å². The van der Waals surface area contributed by atoms with Crippen LogP contribution in [-0.2, 0) is 0 Å². The molecule has 1 aliphatic rings. The van der Waals surface area contributed by atoms with Gasteiger partial charge in [0.05, 0.1) is 6.61 Å². The maximum atomic E-state index is 14.5. The summed E-state index contributed by atoms with van der Waals surface area (Å²) in [5.41, 5.74) is 0.705. The van der Waals surface area contributed by atoms with Crippen molar-refractivity contribution < 1.29 is 26.7 Å². The summed E-state index contributed by atoms with van der Waals surface area (Å²) in [7, 11) is 0. The van der Waals surface area contributed by atoms with Crippen LogP contribution in [0.5, 0.6) is 5.75 Å². The minimum atomic E-state index is -1.48. The molecule has 0 spiro atoms. The minimum Gasteiger partial charge on any atom is -0.490 e. The normalized spacial score (nSPS) is 19.6. The zero-order valence-corrected chi connectivity index (χ0v) is 15.7. The highest BCUT2D eigenvalue weighted by Gasteiger charge is 2.28. The molecule has 0 saturated heterocycles. The van der Waals surface area contributed by atoms with Crippen molar-refractivity contribution in [2.24, 2.45) is 0 Å². The van der Waals surface area contributed by atoms with Gasteiger partial charge in [-0.15, -0.1) is 0 Å². The Labute approximate surface area is 161 Å². The summed E-state index contributed by atoms with van der Waals surface area (Å²) in [6.07, 6.45) is 3.88. The number of hydrogen-bond acceptors (Lipinski definition) is 1. The first-order valence-electron chi connectivity index (χ1n) is 9.67. The molecular weight excluding hydrogens is 375 g/mol. The molecule has 152 valence electrons. The van der Waals surface area contributed by atoms with Gasteiger partial charge in [0.2, 0.25) is 5.82 Å². The van der Waals surface area contributed by atoms with Gasteiger partial charge in [0.15, 0.2) is 29.0 Å². The van der Waals surface area contributed by atoms with E-state index in [0.717, 1.165) is 25.0 Å². The number of benzene rings is 2. The molecule has 2 aromatic rings. The molecule has 1 fully saturated rings. The first kappa shape index (κ1) is 20.6. The molecule has 3 rings (SSSR count). The van der Waals surface area contributed by atoms with E-state index in [9.17, 15) is 22.0 Å². The largest absolute Gasteiger partial charge is 0.490 e. The molecule has 0 N–H and O–H groups in total. The van der Waals surface area contributed by atoms with Crippen LogP contribution in [0.3, 0.4) is 0 Å². The van der Waals surface area contributed by atoms with E-state index in [1.54, 1.807) is 6.07 Å². The molecule has 1 saturated carbocycles. The van der Waals surface area contributed by atoms with Gasteiger partial charge in [0.25, 0.3) is 0 Å². The molecule has 0 heterocycles. The van der Waals surface area contributed by atoms with Crippen molar-refractivity contribution in [1.29, 1.82) is 0 Å². The second-order valence-corrected chi connectivity index (χ2v) is 7.33. The summed E-state index contributed by atoms with van der Waals surface area (Å²) in [5.74, 6) is -6.14. The number of rotatable bonds is 6. The Balaban J connectivity index is 1.69. The lowest BCUT2D eigenvalue weighted by molar-refractivity contribution is 0.286. The molecule has 6 heteroatoms. The zero-order chi connectivity index (χ0) is 20.3. The maximum absolute atomic E-state index is 14.5. The van der Waals surface area contributed by atoms with E-state index in [2.05, 4.69) is 0 Å². The van der Waals surface area contributed by atoms with Crippen LogP contribution in [0.25, 0.3) is 0 Å². The Morgan fingerprint density at radius 2 is 1.43 bits per heavy atom. The number of ether oxygens (including phenoxy) is 1. The molecule has 0 aromatic heterocycles. The lowest BCUT2D eigenvalue weighted by Crippen LogP contribution is -2.15. The van der Waals surface area contributed by atoms with Crippen LogP contribution in [0.4, 0.5) is 22.0 Å². The molecule has 0 atom stereocenters. The summed E-state index contributed by atoms with van der Waals surface area (Å²) >= 11 is 0. The molecule has 0 unspecified atom stereocenters. The lowest BCUT2D eigenvalue weighted by Gasteiger charge is -2.29. The summed E-state index contributed by atoms with van der Waals surface area (Å²) in [5, 5.41) is 0. The molecular formula is C22H23F5O. The van der Waals surface area contributed by atoms with Gasteiger partial charge in [-0.3, -0.25) is 0 Å². The number of unbranched alkanes of at least 4 members (excludes halogenated alkanes) is 1. The van der Waals surface area contributed by atoms with Gasteiger partial charge in [-0.2, -0.15) is 4.39 Å². The predicted molar refractivity (Wildman–Crippen MR) is 97.0 cm³/mol. The molecule has 2 aromatic carbocycles. The molecule has 1 nitrogen and oxygen atoms in total. The minimum absolute atomic E-state index is 0.0827. The van der Waals surface area contributed by atoms with Crippen molar-refractivity contribution in [3.8, 4) is 5.75 Å². The molecule has 0 amide bonds. The monoisotopic (exact) mass is 398 g/mol. The number of hydrogen-bond donors (Lipinski definition) is 0. The van der Waals surface area contributed by atoms with Crippen LogP contribution >= 0.6 is 0 Å². The van der Waals surface area contributed by atoms with Crippen molar-refractivity contribution in [3.05, 3.63) is 64.5 Å². The van der Waals surface area contributed by atoms with E-state index in [1.165, 1.54) is 6.07 Å². The fourth-order valence-corrected chi connectivity index (χ4v) is 3.85. The third-order valence-electron chi connectivity index (χ3n) is 5.48. The standard InChI is InChI=1S/C22H23F5O/c1-2-3-10-28-19-9-8-16(20(25)22(19)27)14-6-4-13(5-7-14)15-11-17(23)21(26)18(24)12-15/h8-9,11-14H,2-7,10H2,1H3. The third-order valence-corrected chi connectivity index (χ3v) is 5.48. The summed E-state index contributed by atoms with van der Waals surface area (Å²) in [6.45, 7) is 2.32. The smallest absolute Gasteiger partial charge is 0.200 e. The fourth-order valence-electron chi connectivity index (χ4n) is 3.85. The maximum Gasteiger partial charge on any atom is 0.200 e. The SMILES string of the molecule is CCCCOc1ccc(C2CCC(c3cc(F)c(F)c(F)c3)CC2)c(F)c1F. The summed E-state index contributed by atoms with van der Waals surface area (Å²) < 4.78 is 74.2. The van der Waals surface area contributed by atoms with Crippen LogP contribution in [-0.4, -0.2) is 6.61 Å².